The molecule has 1 aliphatic rings. The van der Waals surface area contributed by atoms with Gasteiger partial charge in [0.05, 0.1) is 11.6 Å². The Morgan fingerprint density at radius 3 is 2.43 bits per heavy atom. The number of carbonyl (C=O) groups excluding carboxylic acids is 2. The van der Waals surface area contributed by atoms with E-state index in [9.17, 15) is 9.59 Å². The van der Waals surface area contributed by atoms with Crippen LogP contribution in [-0.2, 0) is 9.59 Å². The Kier molecular flexibility index (Phi) is 4.94. The minimum atomic E-state index is -0.311. The summed E-state index contributed by atoms with van der Waals surface area (Å²) in [5.41, 5.74) is 2.40. The normalized spacial score (nSPS) is 18.8. The van der Waals surface area contributed by atoms with Gasteiger partial charge >= 0.3 is 0 Å². The molecule has 0 saturated heterocycles. The van der Waals surface area contributed by atoms with Crippen LogP contribution >= 0.6 is 0 Å². The molecule has 3 heteroatoms. The standard InChI is InChI=1S/C18H23NO2/c1-4-5-11-19-17(14-9-7-6-8-10-14)15(12-20)16(13(2)3)18(19)21/h6-10,12-13,16H,4-5,11H2,1-3H3. The molecule has 0 aromatic heterocycles. The molecule has 0 aliphatic carbocycles. The highest BCUT2D eigenvalue weighted by atomic mass is 16.2. The van der Waals surface area contributed by atoms with Crippen LogP contribution in [0.3, 0.4) is 0 Å². The van der Waals surface area contributed by atoms with Crippen LogP contribution in [-0.4, -0.2) is 23.6 Å². The maximum Gasteiger partial charge on any atom is 0.235 e. The molecule has 1 aromatic carbocycles. The van der Waals surface area contributed by atoms with Crippen molar-refractivity contribution in [1.82, 2.24) is 4.90 Å². The lowest BCUT2D eigenvalue weighted by atomic mass is 9.89. The largest absolute Gasteiger partial charge is 0.311 e. The number of hydrogen-bond donors (Lipinski definition) is 0. The van der Waals surface area contributed by atoms with E-state index in [1.54, 1.807) is 0 Å². The number of benzene rings is 1. The van der Waals surface area contributed by atoms with Gasteiger partial charge in [0.1, 0.15) is 6.29 Å². The smallest absolute Gasteiger partial charge is 0.235 e. The van der Waals surface area contributed by atoms with E-state index in [1.807, 2.05) is 49.1 Å². The van der Waals surface area contributed by atoms with Crippen molar-refractivity contribution in [2.45, 2.75) is 33.6 Å². The summed E-state index contributed by atoms with van der Waals surface area (Å²) >= 11 is 0. The van der Waals surface area contributed by atoms with Crippen molar-refractivity contribution in [3.8, 4) is 0 Å². The van der Waals surface area contributed by atoms with Crippen molar-refractivity contribution in [3.63, 3.8) is 0 Å². The third-order valence-electron chi connectivity index (χ3n) is 3.99. The van der Waals surface area contributed by atoms with Gasteiger partial charge in [0.2, 0.25) is 5.91 Å². The number of hydrogen-bond acceptors (Lipinski definition) is 2. The molecule has 1 atom stereocenters. The molecule has 0 spiro atoms. The molecule has 1 aliphatic heterocycles. The van der Waals surface area contributed by atoms with Gasteiger partial charge in [0.15, 0.2) is 0 Å². The zero-order chi connectivity index (χ0) is 15.4. The summed E-state index contributed by atoms with van der Waals surface area (Å²) in [6.07, 6.45) is 2.84. The fourth-order valence-electron chi connectivity index (χ4n) is 2.94. The number of nitrogens with zero attached hydrogens (tertiary/aromatic N) is 1. The zero-order valence-electron chi connectivity index (χ0n) is 13.0. The van der Waals surface area contributed by atoms with E-state index in [0.717, 1.165) is 30.4 Å². The number of carbonyl (C=O) groups is 2. The van der Waals surface area contributed by atoms with E-state index in [0.29, 0.717) is 12.1 Å². The topological polar surface area (TPSA) is 37.4 Å². The Morgan fingerprint density at radius 1 is 1.24 bits per heavy atom. The van der Waals surface area contributed by atoms with E-state index in [1.165, 1.54) is 0 Å². The Bertz CT molecular complexity index is 546. The third kappa shape index (κ3) is 2.92. The van der Waals surface area contributed by atoms with Gasteiger partial charge in [0.25, 0.3) is 0 Å². The van der Waals surface area contributed by atoms with E-state index in [-0.39, 0.29) is 17.7 Å². The molecule has 0 fully saturated rings. The summed E-state index contributed by atoms with van der Waals surface area (Å²) in [5, 5.41) is 0. The number of unbranched alkanes of at least 4 members (excludes halogenated alkanes) is 1. The Morgan fingerprint density at radius 2 is 1.90 bits per heavy atom. The van der Waals surface area contributed by atoms with Gasteiger partial charge in [-0.25, -0.2) is 0 Å². The minimum Gasteiger partial charge on any atom is -0.311 e. The predicted octanol–water partition coefficient (Wildman–Crippen LogP) is 3.51. The summed E-state index contributed by atoms with van der Waals surface area (Å²) in [5.74, 6) is -0.114. The van der Waals surface area contributed by atoms with Crippen molar-refractivity contribution in [2.24, 2.45) is 11.8 Å². The third-order valence-corrected chi connectivity index (χ3v) is 3.99. The Hall–Kier alpha value is -1.90. The molecule has 112 valence electrons. The molecule has 21 heavy (non-hydrogen) atoms. The van der Waals surface area contributed by atoms with Gasteiger partial charge in [-0.2, -0.15) is 0 Å². The number of amides is 1. The second-order valence-corrected chi connectivity index (χ2v) is 5.85. The van der Waals surface area contributed by atoms with Crippen LogP contribution in [0.5, 0.6) is 0 Å². The van der Waals surface area contributed by atoms with Gasteiger partial charge in [-0.05, 0) is 17.9 Å². The Labute approximate surface area is 126 Å². The van der Waals surface area contributed by atoms with Crippen molar-refractivity contribution in [3.05, 3.63) is 41.5 Å². The second-order valence-electron chi connectivity index (χ2n) is 5.85. The minimum absolute atomic E-state index is 0.0689. The summed E-state index contributed by atoms with van der Waals surface area (Å²) in [4.78, 5) is 26.2. The van der Waals surface area contributed by atoms with E-state index in [4.69, 9.17) is 0 Å². The highest BCUT2D eigenvalue weighted by molar-refractivity contribution is 6.06. The quantitative estimate of drug-likeness (QED) is 0.750. The van der Waals surface area contributed by atoms with Crippen molar-refractivity contribution in [2.75, 3.05) is 6.54 Å². The molecule has 1 unspecified atom stereocenters. The molecule has 2 rings (SSSR count). The van der Waals surface area contributed by atoms with Crippen LogP contribution in [0, 0.1) is 11.8 Å². The van der Waals surface area contributed by atoms with Crippen LogP contribution in [0.15, 0.2) is 35.9 Å². The lowest BCUT2D eigenvalue weighted by Gasteiger charge is -2.22. The van der Waals surface area contributed by atoms with Crippen LogP contribution in [0.1, 0.15) is 39.2 Å². The molecule has 0 saturated carbocycles. The van der Waals surface area contributed by atoms with E-state index in [2.05, 4.69) is 6.92 Å². The Balaban J connectivity index is 2.52. The van der Waals surface area contributed by atoms with Gasteiger partial charge in [-0.15, -0.1) is 0 Å². The van der Waals surface area contributed by atoms with Gasteiger partial charge in [0, 0.05) is 12.1 Å². The number of aldehydes is 1. The summed E-state index contributed by atoms with van der Waals surface area (Å²) in [6.45, 7) is 6.78. The van der Waals surface area contributed by atoms with Crippen molar-refractivity contribution >= 4 is 17.9 Å². The number of rotatable bonds is 6. The molecule has 1 amide bonds. The maximum atomic E-state index is 12.7. The lowest BCUT2D eigenvalue weighted by Crippen LogP contribution is -2.31. The van der Waals surface area contributed by atoms with Gasteiger partial charge < -0.3 is 4.90 Å². The van der Waals surface area contributed by atoms with E-state index >= 15 is 0 Å². The van der Waals surface area contributed by atoms with Crippen molar-refractivity contribution in [1.29, 1.82) is 0 Å². The molecule has 3 nitrogen and oxygen atoms in total. The molecule has 0 bridgehead atoms. The van der Waals surface area contributed by atoms with Crippen LogP contribution < -0.4 is 0 Å². The highest BCUT2D eigenvalue weighted by Crippen LogP contribution is 2.38. The molecule has 0 N–H and O–H groups in total. The second kappa shape index (κ2) is 6.70. The summed E-state index contributed by atoms with van der Waals surface area (Å²) in [7, 11) is 0. The van der Waals surface area contributed by atoms with E-state index < -0.39 is 0 Å². The molecular formula is C18H23NO2. The first-order valence-corrected chi connectivity index (χ1v) is 7.68. The van der Waals surface area contributed by atoms with Crippen LogP contribution in [0.25, 0.3) is 5.70 Å². The molecule has 1 heterocycles. The molecule has 0 radical (unpaired) electrons. The highest BCUT2D eigenvalue weighted by Gasteiger charge is 2.41. The maximum absolute atomic E-state index is 12.7. The van der Waals surface area contributed by atoms with Crippen LogP contribution in [0.4, 0.5) is 0 Å². The fraction of sp³-hybridized carbons (Fsp3) is 0.444. The fourth-order valence-corrected chi connectivity index (χ4v) is 2.94. The SMILES string of the molecule is CCCCN1C(=O)C(C(C)C)C(C=O)=C1c1ccccc1. The average molecular weight is 285 g/mol. The van der Waals surface area contributed by atoms with Gasteiger partial charge in [-0.1, -0.05) is 57.5 Å². The lowest BCUT2D eigenvalue weighted by molar-refractivity contribution is -0.131. The summed E-state index contributed by atoms with van der Waals surface area (Å²) < 4.78 is 0. The first-order chi connectivity index (χ1) is 10.1. The summed E-state index contributed by atoms with van der Waals surface area (Å²) in [6, 6.07) is 9.76. The van der Waals surface area contributed by atoms with Crippen LogP contribution in [0.2, 0.25) is 0 Å². The monoisotopic (exact) mass is 285 g/mol. The predicted molar refractivity (Wildman–Crippen MR) is 84.4 cm³/mol. The first kappa shape index (κ1) is 15.5. The molecule has 1 aromatic rings. The van der Waals surface area contributed by atoms with Gasteiger partial charge in [-0.3, -0.25) is 9.59 Å². The van der Waals surface area contributed by atoms with Crippen molar-refractivity contribution < 1.29 is 9.59 Å². The first-order valence-electron chi connectivity index (χ1n) is 7.68. The molecular weight excluding hydrogens is 262 g/mol. The zero-order valence-corrected chi connectivity index (χ0v) is 13.0. The average Bonchev–Trinajstić information content (AvgIpc) is 2.78.